The van der Waals surface area contributed by atoms with Gasteiger partial charge in [-0.15, -0.1) is 17.5 Å². The van der Waals surface area contributed by atoms with E-state index in [1.54, 1.807) is 0 Å². The first-order valence-corrected chi connectivity index (χ1v) is 16.2. The number of carbonyl (C=O) groups excluding carboxylic acids is 1. The summed E-state index contributed by atoms with van der Waals surface area (Å²) in [7, 11) is 0. The molecule has 1 amide bonds. The molecule has 3 N–H and O–H groups in total. The number of imidazole rings is 1. The van der Waals surface area contributed by atoms with Gasteiger partial charge in [-0.3, -0.25) is 9.48 Å². The summed E-state index contributed by atoms with van der Waals surface area (Å²) >= 11 is 0. The van der Waals surface area contributed by atoms with Crippen molar-refractivity contribution in [2.75, 3.05) is 11.9 Å². The molecule has 0 spiro atoms. The molecule has 2 aromatic heterocycles. The summed E-state index contributed by atoms with van der Waals surface area (Å²) < 4.78 is 1.81. The number of H-pyrrole nitrogens is 1. The lowest BCUT2D eigenvalue weighted by molar-refractivity contribution is 0.0952. The molecule has 0 saturated heterocycles. The molecular formula is C35H50ClN7O. The second-order valence-electron chi connectivity index (χ2n) is 11.5. The Morgan fingerprint density at radius 3 is 2.20 bits per heavy atom. The maximum atomic E-state index is 12.5. The Morgan fingerprint density at radius 1 is 0.795 bits per heavy atom. The number of aromatic nitrogens is 5. The van der Waals surface area contributed by atoms with Gasteiger partial charge in [0.1, 0.15) is 0 Å². The van der Waals surface area contributed by atoms with E-state index in [-0.39, 0.29) is 18.3 Å². The molecule has 0 aliphatic heterocycles. The molecule has 0 aliphatic rings. The van der Waals surface area contributed by atoms with Crippen LogP contribution in [0.3, 0.4) is 0 Å². The molecule has 0 fully saturated rings. The fraction of sp³-hybridized carbons (Fsp3) is 0.486. The van der Waals surface area contributed by atoms with Crippen molar-refractivity contribution in [3.63, 3.8) is 0 Å². The van der Waals surface area contributed by atoms with Gasteiger partial charge >= 0.3 is 0 Å². The first kappa shape index (κ1) is 34.8. The number of nitrogens with zero attached hydrogens (tertiary/aromatic N) is 4. The minimum absolute atomic E-state index is 0. The summed E-state index contributed by atoms with van der Waals surface area (Å²) in [4.78, 5) is 20.4. The van der Waals surface area contributed by atoms with Gasteiger partial charge in [-0.05, 0) is 80.2 Å². The highest BCUT2D eigenvalue weighted by Crippen LogP contribution is 2.13. The molecular weight excluding hydrogens is 570 g/mol. The van der Waals surface area contributed by atoms with Gasteiger partial charge in [-0.2, -0.15) is 0 Å². The molecule has 0 radical (unpaired) electrons. The monoisotopic (exact) mass is 619 g/mol. The molecule has 0 aliphatic carbocycles. The molecule has 238 valence electrons. The van der Waals surface area contributed by atoms with Gasteiger partial charge in [-0.25, -0.2) is 4.98 Å². The normalized spacial score (nSPS) is 10.9. The standard InChI is InChI=1S/C35H49N7O.ClH/c1-3-5-8-12-29-19-21-31(22-20-29)34(43)36-23-24-42-27-33(40-41-42)14-10-7-9-13-32-26-38-35(39-32)37-25-30-17-15-28(16-18-30)11-6-4-2;/h15-22,26-27H,3-14,23-25H2,1-2H3,(H,36,43)(H2,37,38,39);1H. The molecule has 0 bridgehead atoms. The summed E-state index contributed by atoms with van der Waals surface area (Å²) in [5.74, 6) is 0.779. The predicted molar refractivity (Wildman–Crippen MR) is 182 cm³/mol. The Labute approximate surface area is 269 Å². The number of anilines is 1. The maximum Gasteiger partial charge on any atom is 0.251 e. The van der Waals surface area contributed by atoms with Gasteiger partial charge in [0.2, 0.25) is 5.95 Å². The number of aryl methyl sites for hydroxylation is 4. The first-order chi connectivity index (χ1) is 21.1. The van der Waals surface area contributed by atoms with E-state index >= 15 is 0 Å². The van der Waals surface area contributed by atoms with E-state index < -0.39 is 0 Å². The Bertz CT molecular complexity index is 1350. The van der Waals surface area contributed by atoms with E-state index in [1.807, 2.05) is 29.2 Å². The third-order valence-electron chi connectivity index (χ3n) is 7.81. The number of benzene rings is 2. The van der Waals surface area contributed by atoms with Crippen LogP contribution in [-0.2, 0) is 38.8 Å². The van der Waals surface area contributed by atoms with E-state index in [4.69, 9.17) is 0 Å². The molecule has 9 heteroatoms. The number of halogens is 1. The zero-order valence-corrected chi connectivity index (χ0v) is 27.3. The highest BCUT2D eigenvalue weighted by Gasteiger charge is 2.07. The van der Waals surface area contributed by atoms with Crippen LogP contribution in [0.15, 0.2) is 60.9 Å². The van der Waals surface area contributed by atoms with Gasteiger partial charge in [0.25, 0.3) is 5.91 Å². The minimum Gasteiger partial charge on any atom is -0.352 e. The van der Waals surface area contributed by atoms with E-state index in [2.05, 4.69) is 81.2 Å². The minimum atomic E-state index is -0.0481. The highest BCUT2D eigenvalue weighted by atomic mass is 35.5. The van der Waals surface area contributed by atoms with Gasteiger partial charge < -0.3 is 15.6 Å². The third-order valence-corrected chi connectivity index (χ3v) is 7.81. The summed E-state index contributed by atoms with van der Waals surface area (Å²) in [5.41, 5.74) is 6.82. The van der Waals surface area contributed by atoms with Gasteiger partial charge in [0.15, 0.2) is 0 Å². The number of carbonyl (C=O) groups is 1. The van der Waals surface area contributed by atoms with E-state index in [1.165, 1.54) is 48.8 Å². The Balaban J connectivity index is 0.00000529. The molecule has 4 aromatic rings. The SMILES string of the molecule is CCCCCc1ccc(C(=O)NCCn2cc(CCCCCc3cnc(NCc4ccc(CCCC)cc4)[nH]3)nn2)cc1.Cl. The molecule has 0 saturated carbocycles. The second-order valence-corrected chi connectivity index (χ2v) is 11.5. The number of hydrogen-bond acceptors (Lipinski definition) is 5. The number of hydrogen-bond donors (Lipinski definition) is 3. The lowest BCUT2D eigenvalue weighted by atomic mass is 10.1. The number of amides is 1. The number of rotatable bonds is 20. The van der Waals surface area contributed by atoms with Crippen LogP contribution in [0.25, 0.3) is 0 Å². The molecule has 2 heterocycles. The summed E-state index contributed by atoms with van der Waals surface area (Å²) in [5, 5.41) is 14.9. The predicted octanol–water partition coefficient (Wildman–Crippen LogP) is 7.50. The number of aromatic amines is 1. The van der Waals surface area contributed by atoms with Crippen LogP contribution < -0.4 is 10.6 Å². The van der Waals surface area contributed by atoms with Crippen LogP contribution in [0.4, 0.5) is 5.95 Å². The van der Waals surface area contributed by atoms with E-state index in [0.717, 1.165) is 68.8 Å². The van der Waals surface area contributed by atoms with Crippen LogP contribution in [0, 0.1) is 0 Å². The van der Waals surface area contributed by atoms with Crippen LogP contribution in [-0.4, -0.2) is 37.4 Å². The summed E-state index contributed by atoms with van der Waals surface area (Å²) in [6.45, 7) is 6.33. The molecule has 8 nitrogen and oxygen atoms in total. The van der Waals surface area contributed by atoms with Crippen LogP contribution in [0.2, 0.25) is 0 Å². The lowest BCUT2D eigenvalue weighted by Crippen LogP contribution is -2.27. The van der Waals surface area contributed by atoms with Crippen LogP contribution >= 0.6 is 12.4 Å². The van der Waals surface area contributed by atoms with Crippen molar-refractivity contribution in [2.45, 2.75) is 104 Å². The van der Waals surface area contributed by atoms with Crippen LogP contribution in [0.1, 0.15) is 104 Å². The van der Waals surface area contributed by atoms with Crippen molar-refractivity contribution in [3.8, 4) is 0 Å². The molecule has 2 aromatic carbocycles. The van der Waals surface area contributed by atoms with Gasteiger partial charge in [-0.1, -0.05) is 81.1 Å². The Morgan fingerprint density at radius 2 is 1.45 bits per heavy atom. The van der Waals surface area contributed by atoms with Crippen molar-refractivity contribution in [1.82, 2.24) is 30.3 Å². The Kier molecular flexibility index (Phi) is 15.5. The first-order valence-electron chi connectivity index (χ1n) is 16.2. The zero-order chi connectivity index (χ0) is 30.1. The quantitative estimate of drug-likeness (QED) is 0.0890. The van der Waals surface area contributed by atoms with Gasteiger partial charge in [0, 0.05) is 30.5 Å². The van der Waals surface area contributed by atoms with Crippen molar-refractivity contribution < 1.29 is 4.79 Å². The number of unbranched alkanes of at least 4 members (excludes halogenated alkanes) is 5. The summed E-state index contributed by atoms with van der Waals surface area (Å²) in [6, 6.07) is 16.8. The van der Waals surface area contributed by atoms with Crippen molar-refractivity contribution in [3.05, 3.63) is 94.6 Å². The molecule has 0 atom stereocenters. The third kappa shape index (κ3) is 12.2. The van der Waals surface area contributed by atoms with E-state index in [9.17, 15) is 4.79 Å². The fourth-order valence-corrected chi connectivity index (χ4v) is 5.12. The van der Waals surface area contributed by atoms with Crippen molar-refractivity contribution in [2.24, 2.45) is 0 Å². The molecule has 4 rings (SSSR count). The molecule has 0 unspecified atom stereocenters. The number of nitrogens with one attached hydrogen (secondary N) is 3. The Hall–Kier alpha value is -3.65. The van der Waals surface area contributed by atoms with E-state index in [0.29, 0.717) is 18.7 Å². The average Bonchev–Trinajstić information content (AvgIpc) is 3.69. The smallest absolute Gasteiger partial charge is 0.251 e. The van der Waals surface area contributed by atoms with Crippen molar-refractivity contribution >= 4 is 24.3 Å². The van der Waals surface area contributed by atoms with Crippen molar-refractivity contribution in [1.29, 1.82) is 0 Å². The maximum absolute atomic E-state index is 12.5. The topological polar surface area (TPSA) is 101 Å². The van der Waals surface area contributed by atoms with Crippen LogP contribution in [0.5, 0.6) is 0 Å². The summed E-state index contributed by atoms with van der Waals surface area (Å²) in [6.07, 6.45) is 17.4. The van der Waals surface area contributed by atoms with Gasteiger partial charge in [0.05, 0.1) is 18.4 Å². The molecule has 44 heavy (non-hydrogen) atoms. The average molecular weight is 620 g/mol. The fourth-order valence-electron chi connectivity index (χ4n) is 5.12. The largest absolute Gasteiger partial charge is 0.352 e. The highest BCUT2D eigenvalue weighted by molar-refractivity contribution is 5.94. The zero-order valence-electron chi connectivity index (χ0n) is 26.5. The lowest BCUT2D eigenvalue weighted by Gasteiger charge is -2.06. The second kappa shape index (κ2) is 19.6.